The van der Waals surface area contributed by atoms with Crippen LogP contribution < -0.4 is 10.1 Å². The topological polar surface area (TPSA) is 64.4 Å². The molecule has 2 rings (SSSR count). The van der Waals surface area contributed by atoms with Crippen molar-refractivity contribution < 1.29 is 9.66 Å². The lowest BCUT2D eigenvalue weighted by Crippen LogP contribution is -2.19. The van der Waals surface area contributed by atoms with Crippen molar-refractivity contribution in [2.45, 2.75) is 25.3 Å². The summed E-state index contributed by atoms with van der Waals surface area (Å²) in [6, 6.07) is 5.35. The van der Waals surface area contributed by atoms with Crippen molar-refractivity contribution in [1.29, 1.82) is 0 Å². The number of halogens is 1. The molecule has 1 aliphatic rings. The van der Waals surface area contributed by atoms with Crippen molar-refractivity contribution >= 4 is 21.6 Å². The Bertz CT molecular complexity index is 435. The first kappa shape index (κ1) is 13.3. The van der Waals surface area contributed by atoms with Gasteiger partial charge in [0.15, 0.2) is 0 Å². The molecule has 0 radical (unpaired) electrons. The van der Waals surface area contributed by atoms with Gasteiger partial charge in [0.25, 0.3) is 5.69 Å². The summed E-state index contributed by atoms with van der Waals surface area (Å²) < 4.78 is 6.16. The predicted octanol–water partition coefficient (Wildman–Crippen LogP) is 2.88. The van der Waals surface area contributed by atoms with Gasteiger partial charge in [0.1, 0.15) is 5.75 Å². The minimum atomic E-state index is -0.424. The lowest BCUT2D eigenvalue weighted by Gasteiger charge is -2.07. The fourth-order valence-electron chi connectivity index (χ4n) is 1.59. The van der Waals surface area contributed by atoms with E-state index in [1.165, 1.54) is 25.0 Å². The van der Waals surface area contributed by atoms with Crippen LogP contribution in [-0.2, 0) is 0 Å². The number of non-ortho nitro benzene ring substituents is 1. The second-order valence-corrected chi connectivity index (χ2v) is 5.25. The van der Waals surface area contributed by atoms with Crippen LogP contribution in [0, 0.1) is 10.1 Å². The summed E-state index contributed by atoms with van der Waals surface area (Å²) in [5.74, 6) is 0.530. The largest absolute Gasteiger partial charge is 0.493 e. The van der Waals surface area contributed by atoms with E-state index in [1.807, 2.05) is 0 Å². The van der Waals surface area contributed by atoms with E-state index in [0.717, 1.165) is 13.0 Å². The van der Waals surface area contributed by atoms with Gasteiger partial charge in [-0.05, 0) is 31.9 Å². The Kier molecular flexibility index (Phi) is 4.54. The van der Waals surface area contributed by atoms with Gasteiger partial charge in [-0.25, -0.2) is 0 Å². The second-order valence-electron chi connectivity index (χ2n) is 4.33. The van der Waals surface area contributed by atoms with Crippen molar-refractivity contribution in [3.05, 3.63) is 32.8 Å². The molecule has 0 atom stereocenters. The maximum Gasteiger partial charge on any atom is 0.274 e. The van der Waals surface area contributed by atoms with Gasteiger partial charge < -0.3 is 10.1 Å². The van der Waals surface area contributed by atoms with Gasteiger partial charge in [0.05, 0.1) is 17.6 Å². The highest BCUT2D eigenvalue weighted by molar-refractivity contribution is 9.10. The first-order valence-corrected chi connectivity index (χ1v) is 6.75. The molecule has 0 aliphatic heterocycles. The maximum atomic E-state index is 10.7. The Morgan fingerprint density at radius 1 is 1.44 bits per heavy atom. The number of nitrogens with one attached hydrogen (secondary N) is 1. The summed E-state index contributed by atoms with van der Waals surface area (Å²) >= 11 is 3.23. The summed E-state index contributed by atoms with van der Waals surface area (Å²) in [7, 11) is 0. The van der Waals surface area contributed by atoms with Crippen LogP contribution in [0.1, 0.15) is 19.3 Å². The van der Waals surface area contributed by atoms with E-state index in [0.29, 0.717) is 22.9 Å². The molecule has 0 heterocycles. The number of hydrogen-bond acceptors (Lipinski definition) is 4. The number of benzene rings is 1. The van der Waals surface area contributed by atoms with Crippen molar-refractivity contribution in [3.63, 3.8) is 0 Å². The Balaban J connectivity index is 1.78. The highest BCUT2D eigenvalue weighted by atomic mass is 79.9. The molecule has 18 heavy (non-hydrogen) atoms. The van der Waals surface area contributed by atoms with E-state index in [1.54, 1.807) is 6.07 Å². The molecule has 98 valence electrons. The Morgan fingerprint density at radius 3 is 2.89 bits per heavy atom. The summed E-state index contributed by atoms with van der Waals surface area (Å²) in [6.07, 6.45) is 3.45. The molecular formula is C12H15BrN2O3. The van der Waals surface area contributed by atoms with Crippen molar-refractivity contribution in [3.8, 4) is 5.75 Å². The smallest absolute Gasteiger partial charge is 0.274 e. The molecule has 0 unspecified atom stereocenters. The third kappa shape index (κ3) is 4.27. The number of rotatable bonds is 7. The molecule has 1 N–H and O–H groups in total. The van der Waals surface area contributed by atoms with Gasteiger partial charge in [-0.3, -0.25) is 10.1 Å². The van der Waals surface area contributed by atoms with Crippen molar-refractivity contribution in [2.24, 2.45) is 0 Å². The fourth-order valence-corrected chi connectivity index (χ4v) is 2.05. The Morgan fingerprint density at radius 2 is 2.22 bits per heavy atom. The first-order chi connectivity index (χ1) is 8.65. The average Bonchev–Trinajstić information content (AvgIpc) is 3.12. The zero-order valence-electron chi connectivity index (χ0n) is 9.89. The molecule has 5 nitrogen and oxygen atoms in total. The lowest BCUT2D eigenvalue weighted by molar-refractivity contribution is -0.385. The molecular weight excluding hydrogens is 300 g/mol. The van der Waals surface area contributed by atoms with Gasteiger partial charge in [0, 0.05) is 16.6 Å². The maximum absolute atomic E-state index is 10.7. The SMILES string of the molecule is O=[N+]([O-])c1cc(Br)cc(OCCCNC2CC2)c1. The lowest BCUT2D eigenvalue weighted by atomic mass is 10.3. The highest BCUT2D eigenvalue weighted by Crippen LogP contribution is 2.26. The van der Waals surface area contributed by atoms with E-state index in [2.05, 4.69) is 21.2 Å². The van der Waals surface area contributed by atoms with E-state index < -0.39 is 4.92 Å². The quantitative estimate of drug-likeness (QED) is 0.477. The average molecular weight is 315 g/mol. The molecule has 0 saturated heterocycles. The van der Waals surface area contributed by atoms with Gasteiger partial charge in [-0.15, -0.1) is 0 Å². The number of nitro benzene ring substituents is 1. The van der Waals surface area contributed by atoms with Crippen LogP contribution >= 0.6 is 15.9 Å². The van der Waals surface area contributed by atoms with E-state index in [9.17, 15) is 10.1 Å². The molecule has 0 aromatic heterocycles. The Hall–Kier alpha value is -1.14. The van der Waals surface area contributed by atoms with Gasteiger partial charge >= 0.3 is 0 Å². The van der Waals surface area contributed by atoms with E-state index >= 15 is 0 Å². The number of hydrogen-bond donors (Lipinski definition) is 1. The predicted molar refractivity (Wildman–Crippen MR) is 71.9 cm³/mol. The molecule has 1 aromatic carbocycles. The van der Waals surface area contributed by atoms with Crippen molar-refractivity contribution in [1.82, 2.24) is 5.32 Å². The second kappa shape index (κ2) is 6.15. The zero-order chi connectivity index (χ0) is 13.0. The van der Waals surface area contributed by atoms with Crippen LogP contribution in [0.25, 0.3) is 0 Å². The molecule has 0 spiro atoms. The van der Waals surface area contributed by atoms with Crippen LogP contribution in [0.5, 0.6) is 5.75 Å². The number of ether oxygens (including phenoxy) is 1. The minimum Gasteiger partial charge on any atom is -0.493 e. The summed E-state index contributed by atoms with van der Waals surface area (Å²) in [5.41, 5.74) is 0.0375. The van der Waals surface area contributed by atoms with E-state index in [4.69, 9.17) is 4.74 Å². The third-order valence-corrected chi connectivity index (χ3v) is 3.12. The van der Waals surface area contributed by atoms with Crippen LogP contribution in [0.2, 0.25) is 0 Å². The molecule has 0 amide bonds. The number of nitrogens with zero attached hydrogens (tertiary/aromatic N) is 1. The molecule has 1 aliphatic carbocycles. The monoisotopic (exact) mass is 314 g/mol. The number of nitro groups is 1. The van der Waals surface area contributed by atoms with Crippen LogP contribution in [-0.4, -0.2) is 24.1 Å². The van der Waals surface area contributed by atoms with Gasteiger partial charge in [-0.1, -0.05) is 15.9 Å². The van der Waals surface area contributed by atoms with Gasteiger partial charge in [0.2, 0.25) is 0 Å². The standard InChI is InChI=1S/C12H15BrN2O3/c13-9-6-11(15(16)17)8-12(7-9)18-5-1-4-14-10-2-3-10/h6-8,10,14H,1-5H2. The fraction of sp³-hybridized carbons (Fsp3) is 0.500. The first-order valence-electron chi connectivity index (χ1n) is 5.96. The van der Waals surface area contributed by atoms with Gasteiger partial charge in [-0.2, -0.15) is 0 Å². The molecule has 1 aromatic rings. The third-order valence-electron chi connectivity index (χ3n) is 2.67. The van der Waals surface area contributed by atoms with Crippen LogP contribution in [0.4, 0.5) is 5.69 Å². The zero-order valence-corrected chi connectivity index (χ0v) is 11.5. The molecule has 1 fully saturated rings. The molecule has 1 saturated carbocycles. The van der Waals surface area contributed by atoms with Crippen LogP contribution in [0.3, 0.4) is 0 Å². The molecule has 0 bridgehead atoms. The van der Waals surface area contributed by atoms with E-state index in [-0.39, 0.29) is 5.69 Å². The van der Waals surface area contributed by atoms with Crippen LogP contribution in [0.15, 0.2) is 22.7 Å². The molecule has 6 heteroatoms. The summed E-state index contributed by atoms with van der Waals surface area (Å²) in [4.78, 5) is 10.3. The highest BCUT2D eigenvalue weighted by Gasteiger charge is 2.19. The van der Waals surface area contributed by atoms with Crippen molar-refractivity contribution in [2.75, 3.05) is 13.2 Å². The summed E-state index contributed by atoms with van der Waals surface area (Å²) in [5, 5.41) is 14.1. The Labute approximate surface area is 114 Å². The minimum absolute atomic E-state index is 0.0375. The summed E-state index contributed by atoms with van der Waals surface area (Å²) in [6.45, 7) is 1.49. The normalized spacial score (nSPS) is 14.5.